The Morgan fingerprint density at radius 1 is 0.944 bits per heavy atom. The maximum Gasteiger partial charge on any atom is 0.248 e. The summed E-state index contributed by atoms with van der Waals surface area (Å²) in [5.74, 6) is -1.27. The zero-order valence-electron chi connectivity index (χ0n) is 20.9. The molecule has 3 amide bonds. The largest absolute Gasteiger partial charge is 0.349 e. The standard InChI is InChI=1S/C28H31FN4O3/c1-19-8-14-22(15-9-19)33(25(35)17-16-24(34)31-23-7-5-6-18-30-23)26(27(36)32-28(2,3)4)20-10-12-21(29)13-11-20/h5-15,18,26H,16-17H2,1-4H3,(H,32,36)(H,30,31,34). The Morgan fingerprint density at radius 3 is 2.19 bits per heavy atom. The quantitative estimate of drug-likeness (QED) is 0.468. The van der Waals surface area contributed by atoms with E-state index in [1.165, 1.54) is 29.2 Å². The molecule has 0 fully saturated rings. The SMILES string of the molecule is Cc1ccc(N(C(=O)CCC(=O)Nc2ccccn2)C(C(=O)NC(C)(C)C)c2ccc(F)cc2)cc1. The lowest BCUT2D eigenvalue weighted by Crippen LogP contribution is -2.49. The smallest absolute Gasteiger partial charge is 0.248 e. The summed E-state index contributed by atoms with van der Waals surface area (Å²) in [4.78, 5) is 45.0. The second-order valence-corrected chi connectivity index (χ2v) is 9.56. The third-order valence-electron chi connectivity index (χ3n) is 5.27. The van der Waals surface area contributed by atoms with Crippen molar-refractivity contribution in [3.8, 4) is 0 Å². The first-order valence-corrected chi connectivity index (χ1v) is 11.7. The topological polar surface area (TPSA) is 91.4 Å². The minimum absolute atomic E-state index is 0.102. The Bertz CT molecular complexity index is 1190. The van der Waals surface area contributed by atoms with E-state index < -0.39 is 29.2 Å². The van der Waals surface area contributed by atoms with Crippen LogP contribution in [0.1, 0.15) is 50.8 Å². The van der Waals surface area contributed by atoms with Gasteiger partial charge < -0.3 is 10.6 Å². The lowest BCUT2D eigenvalue weighted by atomic mass is 10.00. The summed E-state index contributed by atoms with van der Waals surface area (Å²) in [5.41, 5.74) is 1.36. The second-order valence-electron chi connectivity index (χ2n) is 9.56. The van der Waals surface area contributed by atoms with Gasteiger partial charge in [-0.1, -0.05) is 35.9 Å². The fourth-order valence-electron chi connectivity index (χ4n) is 3.63. The van der Waals surface area contributed by atoms with E-state index in [1.807, 2.05) is 39.8 Å². The van der Waals surface area contributed by atoms with Crippen molar-refractivity contribution in [1.29, 1.82) is 0 Å². The minimum atomic E-state index is -1.07. The molecular formula is C28H31FN4O3. The van der Waals surface area contributed by atoms with Gasteiger partial charge in [-0.3, -0.25) is 19.3 Å². The number of nitrogens with one attached hydrogen (secondary N) is 2. The number of pyridine rings is 1. The highest BCUT2D eigenvalue weighted by molar-refractivity contribution is 6.03. The number of nitrogens with zero attached hydrogens (tertiary/aromatic N) is 2. The molecule has 3 aromatic rings. The number of amides is 3. The molecule has 1 aromatic heterocycles. The monoisotopic (exact) mass is 490 g/mol. The normalized spacial score (nSPS) is 11.9. The molecule has 0 aliphatic carbocycles. The number of carbonyl (C=O) groups is 3. The van der Waals surface area contributed by atoms with E-state index in [9.17, 15) is 18.8 Å². The van der Waals surface area contributed by atoms with Crippen LogP contribution in [-0.4, -0.2) is 28.2 Å². The number of carbonyl (C=O) groups excluding carboxylic acids is 3. The summed E-state index contributed by atoms with van der Waals surface area (Å²) >= 11 is 0. The Morgan fingerprint density at radius 2 is 1.61 bits per heavy atom. The summed E-state index contributed by atoms with van der Waals surface area (Å²) in [6, 6.07) is 16.7. The van der Waals surface area contributed by atoms with Crippen LogP contribution in [-0.2, 0) is 14.4 Å². The predicted molar refractivity (Wildman–Crippen MR) is 138 cm³/mol. The van der Waals surface area contributed by atoms with Crippen LogP contribution in [0.3, 0.4) is 0 Å². The van der Waals surface area contributed by atoms with Crippen LogP contribution in [0, 0.1) is 12.7 Å². The molecule has 0 aliphatic rings. The summed E-state index contributed by atoms with van der Waals surface area (Å²) in [5, 5.41) is 5.59. The minimum Gasteiger partial charge on any atom is -0.349 e. The van der Waals surface area contributed by atoms with E-state index in [2.05, 4.69) is 15.6 Å². The zero-order valence-corrected chi connectivity index (χ0v) is 20.9. The number of aromatic nitrogens is 1. The van der Waals surface area contributed by atoms with Gasteiger partial charge in [-0.05, 0) is 69.7 Å². The van der Waals surface area contributed by atoms with Crippen LogP contribution in [0.15, 0.2) is 72.9 Å². The van der Waals surface area contributed by atoms with Gasteiger partial charge in [0, 0.05) is 30.3 Å². The molecule has 188 valence electrons. The van der Waals surface area contributed by atoms with Gasteiger partial charge in [0.25, 0.3) is 0 Å². The van der Waals surface area contributed by atoms with Crippen LogP contribution < -0.4 is 15.5 Å². The Hall–Kier alpha value is -4.07. The third kappa shape index (κ3) is 7.46. The van der Waals surface area contributed by atoms with Gasteiger partial charge in [0.2, 0.25) is 17.7 Å². The highest BCUT2D eigenvalue weighted by atomic mass is 19.1. The van der Waals surface area contributed by atoms with Crippen LogP contribution in [0.2, 0.25) is 0 Å². The van der Waals surface area contributed by atoms with Gasteiger partial charge in [0.05, 0.1) is 0 Å². The van der Waals surface area contributed by atoms with Crippen molar-refractivity contribution < 1.29 is 18.8 Å². The molecule has 0 saturated carbocycles. The second kappa shape index (κ2) is 11.6. The first-order valence-electron chi connectivity index (χ1n) is 11.7. The van der Waals surface area contributed by atoms with Crippen molar-refractivity contribution in [2.45, 2.75) is 52.1 Å². The van der Waals surface area contributed by atoms with Crippen molar-refractivity contribution in [1.82, 2.24) is 10.3 Å². The molecule has 1 heterocycles. The summed E-state index contributed by atoms with van der Waals surface area (Å²) in [7, 11) is 0. The fourth-order valence-corrected chi connectivity index (χ4v) is 3.63. The molecule has 3 rings (SSSR count). The average Bonchev–Trinajstić information content (AvgIpc) is 2.82. The summed E-state index contributed by atoms with van der Waals surface area (Å²) in [6.07, 6.45) is 1.31. The van der Waals surface area contributed by atoms with Crippen LogP contribution in [0.4, 0.5) is 15.9 Å². The Kier molecular flexibility index (Phi) is 8.53. The van der Waals surface area contributed by atoms with Gasteiger partial charge >= 0.3 is 0 Å². The number of rotatable bonds is 8. The average molecular weight is 491 g/mol. The van der Waals surface area contributed by atoms with Gasteiger partial charge in [-0.15, -0.1) is 0 Å². The van der Waals surface area contributed by atoms with E-state index in [1.54, 1.807) is 36.5 Å². The lowest BCUT2D eigenvalue weighted by molar-refractivity contribution is -0.128. The van der Waals surface area contributed by atoms with E-state index in [0.29, 0.717) is 17.1 Å². The first kappa shape index (κ1) is 26.5. The lowest BCUT2D eigenvalue weighted by Gasteiger charge is -2.34. The number of hydrogen-bond acceptors (Lipinski definition) is 4. The molecule has 0 radical (unpaired) electrons. The molecule has 0 bridgehead atoms. The Balaban J connectivity index is 1.94. The van der Waals surface area contributed by atoms with Crippen LogP contribution in [0.5, 0.6) is 0 Å². The number of hydrogen-bond donors (Lipinski definition) is 2. The summed E-state index contributed by atoms with van der Waals surface area (Å²) in [6.45, 7) is 7.44. The van der Waals surface area contributed by atoms with E-state index in [0.717, 1.165) is 5.56 Å². The maximum atomic E-state index is 13.7. The maximum absolute atomic E-state index is 13.7. The van der Waals surface area contributed by atoms with E-state index in [4.69, 9.17) is 0 Å². The molecule has 0 saturated heterocycles. The van der Waals surface area contributed by atoms with Crippen molar-refractivity contribution in [3.05, 3.63) is 89.9 Å². The Labute approximate surface area is 210 Å². The molecule has 8 heteroatoms. The number of aryl methyl sites for hydroxylation is 1. The highest BCUT2D eigenvalue weighted by Crippen LogP contribution is 2.30. The van der Waals surface area contributed by atoms with E-state index in [-0.39, 0.29) is 18.7 Å². The molecule has 0 aliphatic heterocycles. The van der Waals surface area contributed by atoms with Crippen molar-refractivity contribution >= 4 is 29.2 Å². The van der Waals surface area contributed by atoms with Gasteiger partial charge in [0.15, 0.2) is 0 Å². The number of anilines is 2. The predicted octanol–water partition coefficient (Wildman–Crippen LogP) is 4.94. The summed E-state index contributed by atoms with van der Waals surface area (Å²) < 4.78 is 13.7. The molecular weight excluding hydrogens is 459 g/mol. The van der Waals surface area contributed by atoms with Crippen molar-refractivity contribution in [2.24, 2.45) is 0 Å². The molecule has 7 nitrogen and oxygen atoms in total. The molecule has 2 aromatic carbocycles. The first-order chi connectivity index (χ1) is 17.0. The molecule has 36 heavy (non-hydrogen) atoms. The van der Waals surface area contributed by atoms with Crippen LogP contribution >= 0.6 is 0 Å². The highest BCUT2D eigenvalue weighted by Gasteiger charge is 2.34. The van der Waals surface area contributed by atoms with Gasteiger partial charge in [0.1, 0.15) is 17.7 Å². The van der Waals surface area contributed by atoms with Crippen LogP contribution in [0.25, 0.3) is 0 Å². The number of benzene rings is 2. The molecule has 1 unspecified atom stereocenters. The van der Waals surface area contributed by atoms with E-state index >= 15 is 0 Å². The fraction of sp³-hybridized carbons (Fsp3) is 0.286. The third-order valence-corrected chi connectivity index (χ3v) is 5.27. The molecule has 2 N–H and O–H groups in total. The number of halogens is 1. The van der Waals surface area contributed by atoms with Crippen molar-refractivity contribution in [2.75, 3.05) is 10.2 Å². The van der Waals surface area contributed by atoms with Crippen molar-refractivity contribution in [3.63, 3.8) is 0 Å². The zero-order chi connectivity index (χ0) is 26.3. The van der Waals surface area contributed by atoms with Gasteiger partial charge in [-0.25, -0.2) is 9.37 Å². The molecule has 1 atom stereocenters. The molecule has 0 spiro atoms. The van der Waals surface area contributed by atoms with Gasteiger partial charge in [-0.2, -0.15) is 0 Å².